The highest BCUT2D eigenvalue weighted by molar-refractivity contribution is 5.94. The predicted octanol–water partition coefficient (Wildman–Crippen LogP) is 5.14. The van der Waals surface area contributed by atoms with E-state index in [0.29, 0.717) is 18.7 Å². The number of carbonyl (C=O) groups is 2. The van der Waals surface area contributed by atoms with Crippen molar-refractivity contribution in [2.45, 2.75) is 52.5 Å². The van der Waals surface area contributed by atoms with Crippen molar-refractivity contribution in [3.63, 3.8) is 0 Å². The summed E-state index contributed by atoms with van der Waals surface area (Å²) in [5.41, 5.74) is 2.87. The summed E-state index contributed by atoms with van der Waals surface area (Å²) in [6.07, 6.45) is 0.177. The molecule has 28 heavy (non-hydrogen) atoms. The summed E-state index contributed by atoms with van der Waals surface area (Å²) in [6.45, 7) is 10.9. The van der Waals surface area contributed by atoms with Crippen molar-refractivity contribution in [1.29, 1.82) is 0 Å². The number of hydrogen-bond acceptors (Lipinski definition) is 3. The van der Waals surface area contributed by atoms with Gasteiger partial charge in [-0.25, -0.2) is 0 Å². The maximum absolute atomic E-state index is 13.3. The molecule has 0 saturated carbocycles. The highest BCUT2D eigenvalue weighted by Gasteiger charge is 2.24. The normalized spacial score (nSPS) is 12.3. The molecule has 0 bridgehead atoms. The van der Waals surface area contributed by atoms with E-state index in [-0.39, 0.29) is 29.8 Å². The third kappa shape index (κ3) is 5.69. The number of amides is 1. The first-order chi connectivity index (χ1) is 13.2. The molecule has 2 aromatic rings. The molecule has 4 nitrogen and oxygen atoms in total. The molecule has 1 atom stereocenters. The van der Waals surface area contributed by atoms with Crippen LogP contribution in [0.15, 0.2) is 54.6 Å². The molecule has 4 heteroatoms. The van der Waals surface area contributed by atoms with E-state index in [1.807, 2.05) is 61.5 Å². The van der Waals surface area contributed by atoms with Gasteiger partial charge in [0.25, 0.3) is 5.91 Å². The molecule has 2 aromatic carbocycles. The second-order valence-corrected chi connectivity index (χ2v) is 7.97. The van der Waals surface area contributed by atoms with Crippen LogP contribution in [0.5, 0.6) is 0 Å². The minimum Gasteiger partial charge on any atom is -0.466 e. The quantitative estimate of drug-likeness (QED) is 0.624. The lowest BCUT2D eigenvalue weighted by atomic mass is 9.86. The standard InChI is InChI=1S/C24H31NO3/c1-6-28-22(26)16-17-25(18(2)19-10-8-7-9-11-19)23(27)20-12-14-21(15-13-20)24(3,4)5/h7-15,18H,6,16-17H2,1-5H3. The molecule has 0 saturated heterocycles. The second-order valence-electron chi connectivity index (χ2n) is 7.97. The summed E-state index contributed by atoms with van der Waals surface area (Å²) in [4.78, 5) is 26.9. The average molecular weight is 382 g/mol. The van der Waals surface area contributed by atoms with E-state index < -0.39 is 0 Å². The van der Waals surface area contributed by atoms with Crippen molar-refractivity contribution in [3.8, 4) is 0 Å². The monoisotopic (exact) mass is 381 g/mol. The van der Waals surface area contributed by atoms with E-state index in [2.05, 4.69) is 20.8 Å². The van der Waals surface area contributed by atoms with Gasteiger partial charge in [0.05, 0.1) is 19.1 Å². The van der Waals surface area contributed by atoms with Crippen molar-refractivity contribution in [2.24, 2.45) is 0 Å². The lowest BCUT2D eigenvalue weighted by Gasteiger charge is -2.30. The van der Waals surface area contributed by atoms with Crippen molar-refractivity contribution >= 4 is 11.9 Å². The van der Waals surface area contributed by atoms with Crippen LogP contribution in [0.3, 0.4) is 0 Å². The highest BCUT2D eigenvalue weighted by atomic mass is 16.5. The van der Waals surface area contributed by atoms with E-state index in [1.54, 1.807) is 11.8 Å². The first kappa shape index (κ1) is 21.7. The molecule has 0 fully saturated rings. The zero-order chi connectivity index (χ0) is 20.7. The smallest absolute Gasteiger partial charge is 0.307 e. The zero-order valence-electron chi connectivity index (χ0n) is 17.6. The van der Waals surface area contributed by atoms with Crippen LogP contribution in [-0.4, -0.2) is 29.9 Å². The maximum atomic E-state index is 13.3. The van der Waals surface area contributed by atoms with Gasteiger partial charge >= 0.3 is 5.97 Å². The SMILES string of the molecule is CCOC(=O)CCN(C(=O)c1ccc(C(C)(C)C)cc1)C(C)c1ccccc1. The fourth-order valence-electron chi connectivity index (χ4n) is 3.11. The number of carbonyl (C=O) groups excluding carboxylic acids is 2. The van der Waals surface area contributed by atoms with Crippen LogP contribution in [0.1, 0.15) is 68.6 Å². The Balaban J connectivity index is 2.26. The fraction of sp³-hybridized carbons (Fsp3) is 0.417. The zero-order valence-corrected chi connectivity index (χ0v) is 17.6. The average Bonchev–Trinajstić information content (AvgIpc) is 2.68. The fourth-order valence-corrected chi connectivity index (χ4v) is 3.11. The summed E-state index contributed by atoms with van der Waals surface area (Å²) in [7, 11) is 0. The van der Waals surface area contributed by atoms with Gasteiger partial charge in [-0.3, -0.25) is 9.59 Å². The Morgan fingerprint density at radius 2 is 1.61 bits per heavy atom. The molecule has 1 unspecified atom stereocenters. The minimum atomic E-state index is -0.288. The largest absolute Gasteiger partial charge is 0.466 e. The van der Waals surface area contributed by atoms with E-state index in [0.717, 1.165) is 5.56 Å². The van der Waals surface area contributed by atoms with Crippen LogP contribution in [0.25, 0.3) is 0 Å². The maximum Gasteiger partial charge on any atom is 0.307 e. The Morgan fingerprint density at radius 3 is 2.14 bits per heavy atom. The molecule has 2 rings (SSSR count). The molecule has 0 aliphatic carbocycles. The van der Waals surface area contributed by atoms with Gasteiger partial charge in [-0.2, -0.15) is 0 Å². The van der Waals surface area contributed by atoms with Gasteiger partial charge in [-0.15, -0.1) is 0 Å². The first-order valence-corrected chi connectivity index (χ1v) is 9.86. The van der Waals surface area contributed by atoms with Gasteiger partial charge in [0.2, 0.25) is 0 Å². The molecular weight excluding hydrogens is 350 g/mol. The Bertz CT molecular complexity index is 776. The van der Waals surface area contributed by atoms with Gasteiger partial charge in [-0.05, 0) is 42.5 Å². The third-order valence-corrected chi connectivity index (χ3v) is 4.87. The van der Waals surface area contributed by atoms with Gasteiger partial charge in [0.1, 0.15) is 0 Å². The molecule has 150 valence electrons. The summed E-state index contributed by atoms with van der Waals surface area (Å²) in [5, 5.41) is 0. The number of esters is 1. The van der Waals surface area contributed by atoms with Crippen molar-refractivity contribution in [1.82, 2.24) is 4.90 Å². The minimum absolute atomic E-state index is 0.0303. The van der Waals surface area contributed by atoms with E-state index in [1.165, 1.54) is 5.56 Å². The molecule has 0 spiro atoms. The van der Waals surface area contributed by atoms with E-state index >= 15 is 0 Å². The number of benzene rings is 2. The Hall–Kier alpha value is -2.62. The summed E-state index contributed by atoms with van der Waals surface area (Å²) in [6, 6.07) is 17.5. The molecule has 0 aliphatic rings. The Kier molecular flexibility index (Phi) is 7.38. The molecule has 0 aliphatic heterocycles. The lowest BCUT2D eigenvalue weighted by Crippen LogP contribution is -2.35. The second kappa shape index (κ2) is 9.54. The number of hydrogen-bond donors (Lipinski definition) is 0. The molecule has 0 N–H and O–H groups in total. The molecule has 1 amide bonds. The summed E-state index contributed by atoms with van der Waals surface area (Å²) in [5.74, 6) is -0.371. The van der Waals surface area contributed by atoms with Crippen molar-refractivity contribution in [3.05, 3.63) is 71.3 Å². The van der Waals surface area contributed by atoms with Crippen LogP contribution >= 0.6 is 0 Å². The van der Waals surface area contributed by atoms with Crippen LogP contribution in [0.4, 0.5) is 0 Å². The highest BCUT2D eigenvalue weighted by Crippen LogP contribution is 2.25. The predicted molar refractivity (Wildman–Crippen MR) is 112 cm³/mol. The van der Waals surface area contributed by atoms with Crippen molar-refractivity contribution < 1.29 is 14.3 Å². The molecule has 0 aromatic heterocycles. The topological polar surface area (TPSA) is 46.6 Å². The van der Waals surface area contributed by atoms with Crippen molar-refractivity contribution in [2.75, 3.05) is 13.2 Å². The summed E-state index contributed by atoms with van der Waals surface area (Å²) < 4.78 is 5.04. The number of rotatable bonds is 7. The number of ether oxygens (including phenoxy) is 1. The van der Waals surface area contributed by atoms with Gasteiger partial charge in [0.15, 0.2) is 0 Å². The van der Waals surface area contributed by atoms with Crippen LogP contribution in [-0.2, 0) is 14.9 Å². The molecule has 0 heterocycles. The lowest BCUT2D eigenvalue weighted by molar-refractivity contribution is -0.143. The Morgan fingerprint density at radius 1 is 1.00 bits per heavy atom. The third-order valence-electron chi connectivity index (χ3n) is 4.87. The van der Waals surface area contributed by atoms with E-state index in [9.17, 15) is 9.59 Å². The van der Waals surface area contributed by atoms with Crippen LogP contribution < -0.4 is 0 Å². The van der Waals surface area contributed by atoms with Crippen LogP contribution in [0.2, 0.25) is 0 Å². The number of nitrogens with zero attached hydrogens (tertiary/aromatic N) is 1. The first-order valence-electron chi connectivity index (χ1n) is 9.86. The molecule has 0 radical (unpaired) electrons. The van der Waals surface area contributed by atoms with Gasteiger partial charge in [-0.1, -0.05) is 63.2 Å². The van der Waals surface area contributed by atoms with E-state index in [4.69, 9.17) is 4.74 Å². The van der Waals surface area contributed by atoms with Gasteiger partial charge < -0.3 is 9.64 Å². The van der Waals surface area contributed by atoms with Crippen LogP contribution in [0, 0.1) is 0 Å². The Labute approximate surface area is 168 Å². The van der Waals surface area contributed by atoms with Gasteiger partial charge in [0, 0.05) is 12.1 Å². The molecular formula is C24H31NO3. The summed E-state index contributed by atoms with van der Waals surface area (Å²) >= 11 is 0.